The molecule has 1 atom stereocenters. The van der Waals surface area contributed by atoms with Crippen LogP contribution < -0.4 is 10.6 Å². The van der Waals surface area contributed by atoms with Gasteiger partial charge in [-0.2, -0.15) is 5.21 Å². The van der Waals surface area contributed by atoms with E-state index in [1.807, 2.05) is 42.5 Å². The Kier molecular flexibility index (Phi) is 9.99. The van der Waals surface area contributed by atoms with Gasteiger partial charge in [0.15, 0.2) is 11.7 Å². The van der Waals surface area contributed by atoms with Gasteiger partial charge in [0.2, 0.25) is 0 Å². The van der Waals surface area contributed by atoms with Crippen molar-refractivity contribution in [1.82, 2.24) is 36.2 Å². The van der Waals surface area contributed by atoms with E-state index in [2.05, 4.69) is 82.9 Å². The van der Waals surface area contributed by atoms with Crippen LogP contribution in [0.25, 0.3) is 0 Å². The molecule has 1 aliphatic heterocycles. The Morgan fingerprint density at radius 1 is 1.04 bits per heavy atom. The highest BCUT2D eigenvalue weighted by molar-refractivity contribution is 6.39. The van der Waals surface area contributed by atoms with Gasteiger partial charge in [-0.05, 0) is 85.5 Å². The predicted octanol–water partition coefficient (Wildman–Crippen LogP) is 5.61. The van der Waals surface area contributed by atoms with Crippen LogP contribution >= 0.6 is 0 Å². The van der Waals surface area contributed by atoms with E-state index in [1.165, 1.54) is 5.56 Å². The van der Waals surface area contributed by atoms with Gasteiger partial charge >= 0.3 is 0 Å². The fourth-order valence-corrected chi connectivity index (χ4v) is 6.74. The lowest BCUT2D eigenvalue weighted by atomic mass is 9.69. The molecule has 10 nitrogen and oxygen atoms in total. The van der Waals surface area contributed by atoms with Gasteiger partial charge in [0.25, 0.3) is 11.8 Å². The molecule has 0 radical (unpaired) electrons. The van der Waals surface area contributed by atoms with E-state index in [0.29, 0.717) is 35.6 Å². The van der Waals surface area contributed by atoms with E-state index in [0.717, 1.165) is 50.5 Å². The molecule has 1 aliphatic carbocycles. The van der Waals surface area contributed by atoms with E-state index < -0.39 is 5.66 Å². The molecule has 0 saturated heterocycles. The summed E-state index contributed by atoms with van der Waals surface area (Å²) < 4.78 is 0. The van der Waals surface area contributed by atoms with E-state index in [-0.39, 0.29) is 29.8 Å². The number of benzene rings is 2. The number of aromatic amines is 1. The van der Waals surface area contributed by atoms with Crippen LogP contribution in [-0.2, 0) is 17.8 Å². The van der Waals surface area contributed by atoms with Gasteiger partial charge in [-0.1, -0.05) is 82.3 Å². The third-order valence-corrected chi connectivity index (χ3v) is 9.43. The van der Waals surface area contributed by atoms with Crippen LogP contribution in [0.5, 0.6) is 0 Å². The number of tetrazole rings is 1. The van der Waals surface area contributed by atoms with Crippen molar-refractivity contribution < 1.29 is 9.59 Å². The molecular weight excluding hydrogens is 564 g/mol. The number of aromatic nitrogens is 4. The van der Waals surface area contributed by atoms with E-state index in [9.17, 15) is 9.59 Å². The second-order valence-electron chi connectivity index (χ2n) is 14.0. The standard InChI is InChI=1S/C35H48N8O2/c1-24(2)11-16-29(26-12-14-27(15-13-26)32(44)37-23-30-39-41-42-40-30)43-33(45)31(36-22-19-25-9-7-6-8-10-25)38-35(43)20-17-28(18-21-35)34(3,4)5/h6-10,12-15,24,28-29H,11,16-23H2,1-5H3,(H,36,38)(H,37,44)(H,39,40,41,42)/t28?,29-,35?/m1/s1. The molecule has 1 spiro atoms. The summed E-state index contributed by atoms with van der Waals surface area (Å²) in [6, 6.07) is 17.8. The molecule has 5 rings (SSSR count). The minimum Gasteiger partial charge on any atom is -0.365 e. The van der Waals surface area contributed by atoms with Gasteiger partial charge in [0.05, 0.1) is 12.6 Å². The van der Waals surface area contributed by atoms with Crippen LogP contribution in [0.1, 0.15) is 106 Å². The molecular formula is C35H48N8O2. The molecule has 3 aromatic rings. The maximum absolute atomic E-state index is 14.4. The highest BCUT2D eigenvalue weighted by Crippen LogP contribution is 2.49. The number of amidine groups is 1. The van der Waals surface area contributed by atoms with Crippen LogP contribution in [-0.4, -0.2) is 55.4 Å². The molecule has 45 heavy (non-hydrogen) atoms. The zero-order valence-corrected chi connectivity index (χ0v) is 27.3. The Labute approximate surface area is 266 Å². The summed E-state index contributed by atoms with van der Waals surface area (Å²) in [5.41, 5.74) is 2.43. The number of H-pyrrole nitrogens is 1. The van der Waals surface area contributed by atoms with Crippen molar-refractivity contribution in [2.75, 3.05) is 6.54 Å². The molecule has 10 heteroatoms. The van der Waals surface area contributed by atoms with Crippen molar-refractivity contribution in [3.05, 3.63) is 77.1 Å². The normalized spacial score (nSPS) is 20.8. The lowest BCUT2D eigenvalue weighted by Crippen LogP contribution is -2.52. The fourth-order valence-electron chi connectivity index (χ4n) is 6.74. The van der Waals surface area contributed by atoms with Crippen LogP contribution in [0.4, 0.5) is 0 Å². The Morgan fingerprint density at radius 3 is 2.38 bits per heavy atom. The number of carbonyl (C=O) groups excluding carboxylic acids is 2. The number of amides is 2. The topological polar surface area (TPSA) is 128 Å². The second-order valence-corrected chi connectivity index (χ2v) is 14.0. The molecule has 2 aromatic carbocycles. The number of aliphatic imine (C=N–C) groups is 1. The average Bonchev–Trinajstić information content (AvgIpc) is 3.63. The minimum atomic E-state index is -0.573. The van der Waals surface area contributed by atoms with E-state index in [1.54, 1.807) is 0 Å². The van der Waals surface area contributed by atoms with Crippen molar-refractivity contribution >= 4 is 17.6 Å². The first-order chi connectivity index (χ1) is 21.6. The number of rotatable bonds is 11. The van der Waals surface area contributed by atoms with Gasteiger partial charge in [-0.25, -0.2) is 4.99 Å². The monoisotopic (exact) mass is 612 g/mol. The van der Waals surface area contributed by atoms with Crippen LogP contribution in [0, 0.1) is 17.3 Å². The largest absolute Gasteiger partial charge is 0.365 e. The summed E-state index contributed by atoms with van der Waals surface area (Å²) in [6.07, 6.45) is 6.37. The highest BCUT2D eigenvalue weighted by Gasteiger charge is 2.52. The summed E-state index contributed by atoms with van der Waals surface area (Å²) in [6.45, 7) is 12.2. The lowest BCUT2D eigenvalue weighted by Gasteiger charge is -2.47. The lowest BCUT2D eigenvalue weighted by molar-refractivity contribution is -0.134. The molecule has 1 aromatic heterocycles. The summed E-state index contributed by atoms with van der Waals surface area (Å²) >= 11 is 0. The van der Waals surface area contributed by atoms with Gasteiger partial charge in [-0.3, -0.25) is 9.59 Å². The third-order valence-electron chi connectivity index (χ3n) is 9.43. The number of hydrogen-bond donors (Lipinski definition) is 3. The number of hydrogen-bond acceptors (Lipinski definition) is 7. The maximum atomic E-state index is 14.4. The average molecular weight is 613 g/mol. The first kappa shape index (κ1) is 32.3. The Balaban J connectivity index is 1.40. The van der Waals surface area contributed by atoms with E-state index in [4.69, 9.17) is 4.99 Å². The number of carbonyl (C=O) groups is 2. The van der Waals surface area contributed by atoms with Gasteiger partial charge in [-0.15, -0.1) is 10.2 Å². The quantitative estimate of drug-likeness (QED) is 0.258. The first-order valence-electron chi connectivity index (χ1n) is 16.4. The predicted molar refractivity (Wildman–Crippen MR) is 175 cm³/mol. The van der Waals surface area contributed by atoms with Crippen molar-refractivity contribution in [2.24, 2.45) is 22.2 Å². The van der Waals surface area contributed by atoms with Crippen LogP contribution in [0.3, 0.4) is 0 Å². The van der Waals surface area contributed by atoms with Crippen LogP contribution in [0.15, 0.2) is 59.6 Å². The zero-order chi connectivity index (χ0) is 32.0. The Bertz CT molecular complexity index is 1440. The van der Waals surface area contributed by atoms with E-state index >= 15 is 0 Å². The molecule has 240 valence electrons. The third kappa shape index (κ3) is 7.78. The highest BCUT2D eigenvalue weighted by atomic mass is 16.2. The minimum absolute atomic E-state index is 0.0204. The molecule has 2 amide bonds. The fraction of sp³-hybridized carbons (Fsp3) is 0.543. The number of nitrogens with one attached hydrogen (secondary N) is 3. The summed E-state index contributed by atoms with van der Waals surface area (Å²) in [5.74, 6) is 1.73. The Hall–Kier alpha value is -4.08. The first-order valence-corrected chi connectivity index (χ1v) is 16.4. The molecule has 1 saturated carbocycles. The van der Waals surface area contributed by atoms with Crippen molar-refractivity contribution in [2.45, 2.75) is 97.8 Å². The molecule has 2 heterocycles. The van der Waals surface area contributed by atoms with Gasteiger partial charge in [0.1, 0.15) is 5.66 Å². The Morgan fingerprint density at radius 2 is 1.76 bits per heavy atom. The van der Waals surface area contributed by atoms with Crippen molar-refractivity contribution in [1.29, 1.82) is 0 Å². The van der Waals surface area contributed by atoms with Crippen molar-refractivity contribution in [3.63, 3.8) is 0 Å². The summed E-state index contributed by atoms with van der Waals surface area (Å²) in [7, 11) is 0. The smallest absolute Gasteiger partial charge is 0.291 e. The van der Waals surface area contributed by atoms with Crippen molar-refractivity contribution in [3.8, 4) is 0 Å². The molecule has 1 fully saturated rings. The second kappa shape index (κ2) is 13.9. The van der Waals surface area contributed by atoms with Gasteiger partial charge < -0.3 is 15.5 Å². The molecule has 2 aliphatic rings. The van der Waals surface area contributed by atoms with Gasteiger partial charge in [0, 0.05) is 12.1 Å². The molecule has 0 bridgehead atoms. The summed E-state index contributed by atoms with van der Waals surface area (Å²) in [5, 5.41) is 20.0. The maximum Gasteiger partial charge on any atom is 0.291 e. The zero-order valence-electron chi connectivity index (χ0n) is 27.3. The van der Waals surface area contributed by atoms with Crippen LogP contribution in [0.2, 0.25) is 0 Å². The number of nitrogens with zero attached hydrogens (tertiary/aromatic N) is 5. The molecule has 3 N–H and O–H groups in total. The SMILES string of the molecule is CC(C)CC[C@H](c1ccc(C(=O)NCc2nn[nH]n2)cc1)N1C(=O)C(NCCc2ccccc2)=NC12CCC(C(C)(C)C)CC2. The summed E-state index contributed by atoms with van der Waals surface area (Å²) in [4.78, 5) is 34.6. The molecule has 0 unspecified atom stereocenters.